The van der Waals surface area contributed by atoms with Crippen LogP contribution in [-0.2, 0) is 4.74 Å². The summed E-state index contributed by atoms with van der Waals surface area (Å²) in [5, 5.41) is 0.773. The highest BCUT2D eigenvalue weighted by atomic mass is 35.5. The second-order valence-corrected chi connectivity index (χ2v) is 8.21. The third kappa shape index (κ3) is 5.73. The second kappa shape index (κ2) is 7.60. The van der Waals surface area contributed by atoms with E-state index in [0.717, 1.165) is 36.7 Å². The van der Waals surface area contributed by atoms with Gasteiger partial charge in [0.15, 0.2) is 0 Å². The number of hydrogen-bond donors (Lipinski definition) is 0. The molecule has 0 unspecified atom stereocenters. The van der Waals surface area contributed by atoms with Crippen LogP contribution in [0.25, 0.3) is 0 Å². The number of nitrogens with zero attached hydrogens (tertiary/aromatic N) is 1. The molecule has 22 heavy (non-hydrogen) atoms. The number of rotatable bonds is 3. The monoisotopic (exact) mass is 341 g/mol. The molecule has 1 fully saturated rings. The van der Waals surface area contributed by atoms with Crippen molar-refractivity contribution in [2.45, 2.75) is 44.1 Å². The summed E-state index contributed by atoms with van der Waals surface area (Å²) in [6, 6.07) is 7.97. The first-order valence-electron chi connectivity index (χ1n) is 7.70. The highest BCUT2D eigenvalue weighted by molar-refractivity contribution is 7.99. The molecule has 1 heterocycles. The van der Waals surface area contributed by atoms with Gasteiger partial charge in [-0.1, -0.05) is 11.6 Å². The SMILES string of the molecule is CC(C)(C)OC(=O)N1CCC(CSc2ccc(Cl)cc2)CC1. The molecule has 122 valence electrons. The van der Waals surface area contributed by atoms with Crippen molar-refractivity contribution < 1.29 is 9.53 Å². The van der Waals surface area contributed by atoms with Crippen LogP contribution in [-0.4, -0.2) is 35.4 Å². The van der Waals surface area contributed by atoms with Gasteiger partial charge in [0.2, 0.25) is 0 Å². The molecule has 1 aliphatic rings. The fraction of sp³-hybridized carbons (Fsp3) is 0.588. The zero-order chi connectivity index (χ0) is 16.2. The molecule has 1 aliphatic heterocycles. The molecule has 1 aromatic rings. The number of benzene rings is 1. The molecular weight excluding hydrogens is 318 g/mol. The maximum atomic E-state index is 12.0. The topological polar surface area (TPSA) is 29.5 Å². The first-order chi connectivity index (χ1) is 10.3. The van der Waals surface area contributed by atoms with Gasteiger partial charge >= 0.3 is 6.09 Å². The van der Waals surface area contributed by atoms with Gasteiger partial charge in [-0.05, 0) is 63.8 Å². The molecule has 0 spiro atoms. The van der Waals surface area contributed by atoms with Crippen molar-refractivity contribution in [2.75, 3.05) is 18.8 Å². The van der Waals surface area contributed by atoms with E-state index < -0.39 is 5.60 Å². The number of ether oxygens (including phenoxy) is 1. The van der Waals surface area contributed by atoms with E-state index in [2.05, 4.69) is 12.1 Å². The van der Waals surface area contributed by atoms with E-state index in [9.17, 15) is 4.79 Å². The number of halogens is 1. The van der Waals surface area contributed by atoms with Crippen LogP contribution >= 0.6 is 23.4 Å². The molecule has 0 aromatic heterocycles. The summed E-state index contributed by atoms with van der Waals surface area (Å²) in [7, 11) is 0. The Morgan fingerprint density at radius 1 is 1.27 bits per heavy atom. The minimum Gasteiger partial charge on any atom is -0.444 e. The minimum atomic E-state index is -0.418. The van der Waals surface area contributed by atoms with E-state index >= 15 is 0 Å². The van der Waals surface area contributed by atoms with Crippen LogP contribution in [0.15, 0.2) is 29.2 Å². The summed E-state index contributed by atoms with van der Waals surface area (Å²) < 4.78 is 5.42. The lowest BCUT2D eigenvalue weighted by atomic mass is 9.99. The number of likely N-dealkylation sites (tertiary alicyclic amines) is 1. The number of carbonyl (C=O) groups is 1. The Bertz CT molecular complexity index is 490. The number of piperidine rings is 1. The van der Waals surface area contributed by atoms with Crippen molar-refractivity contribution in [1.82, 2.24) is 4.90 Å². The van der Waals surface area contributed by atoms with Crippen LogP contribution in [0, 0.1) is 5.92 Å². The molecule has 2 rings (SSSR count). The Morgan fingerprint density at radius 2 is 1.86 bits per heavy atom. The van der Waals surface area contributed by atoms with Crippen LogP contribution in [0.5, 0.6) is 0 Å². The Balaban J connectivity index is 1.73. The standard InChI is InChI=1S/C17H24ClNO2S/c1-17(2,3)21-16(20)19-10-8-13(9-11-19)12-22-15-6-4-14(18)5-7-15/h4-7,13H,8-12H2,1-3H3. The third-order valence-electron chi connectivity index (χ3n) is 3.57. The lowest BCUT2D eigenvalue weighted by Crippen LogP contribution is -2.42. The van der Waals surface area contributed by atoms with Gasteiger partial charge in [0, 0.05) is 28.8 Å². The van der Waals surface area contributed by atoms with Gasteiger partial charge in [0.05, 0.1) is 0 Å². The van der Waals surface area contributed by atoms with E-state index in [1.807, 2.05) is 49.6 Å². The highest BCUT2D eigenvalue weighted by Crippen LogP contribution is 2.27. The van der Waals surface area contributed by atoms with Crippen LogP contribution in [0.3, 0.4) is 0 Å². The largest absolute Gasteiger partial charge is 0.444 e. The minimum absolute atomic E-state index is 0.184. The fourth-order valence-corrected chi connectivity index (χ4v) is 3.57. The Kier molecular flexibility index (Phi) is 6.04. The van der Waals surface area contributed by atoms with Crippen LogP contribution in [0.2, 0.25) is 5.02 Å². The first kappa shape index (κ1) is 17.5. The number of carbonyl (C=O) groups excluding carboxylic acids is 1. The molecule has 0 saturated carbocycles. The quantitative estimate of drug-likeness (QED) is 0.718. The first-order valence-corrected chi connectivity index (χ1v) is 9.06. The van der Waals surface area contributed by atoms with E-state index in [1.54, 1.807) is 0 Å². The Hall–Kier alpha value is -0.870. The molecule has 1 saturated heterocycles. The van der Waals surface area contributed by atoms with Crippen molar-refractivity contribution in [3.05, 3.63) is 29.3 Å². The van der Waals surface area contributed by atoms with E-state index in [0.29, 0.717) is 5.92 Å². The summed E-state index contributed by atoms with van der Waals surface area (Å²) in [5.74, 6) is 1.74. The highest BCUT2D eigenvalue weighted by Gasteiger charge is 2.26. The molecule has 0 radical (unpaired) electrons. The summed E-state index contributed by atoms with van der Waals surface area (Å²) in [5.41, 5.74) is -0.418. The molecule has 1 aromatic carbocycles. The molecule has 3 nitrogen and oxygen atoms in total. The van der Waals surface area contributed by atoms with Crippen LogP contribution in [0.1, 0.15) is 33.6 Å². The summed E-state index contributed by atoms with van der Waals surface area (Å²) in [4.78, 5) is 15.1. The van der Waals surface area contributed by atoms with E-state index in [1.165, 1.54) is 4.90 Å². The van der Waals surface area contributed by atoms with Gasteiger partial charge in [-0.2, -0.15) is 0 Å². The maximum Gasteiger partial charge on any atom is 0.410 e. The zero-order valence-corrected chi connectivity index (χ0v) is 15.0. The molecule has 0 atom stereocenters. The van der Waals surface area contributed by atoms with Gasteiger partial charge in [0.25, 0.3) is 0 Å². The van der Waals surface area contributed by atoms with Crippen LogP contribution in [0.4, 0.5) is 4.79 Å². The Labute approximate surface area is 142 Å². The zero-order valence-electron chi connectivity index (χ0n) is 13.5. The Morgan fingerprint density at radius 3 is 2.41 bits per heavy atom. The van der Waals surface area contributed by atoms with Gasteiger partial charge in [0.1, 0.15) is 5.60 Å². The van der Waals surface area contributed by atoms with Crippen molar-refractivity contribution in [2.24, 2.45) is 5.92 Å². The van der Waals surface area contributed by atoms with Gasteiger partial charge < -0.3 is 9.64 Å². The predicted octanol–water partition coefficient (Wildman–Crippen LogP) is 5.08. The van der Waals surface area contributed by atoms with E-state index in [4.69, 9.17) is 16.3 Å². The lowest BCUT2D eigenvalue weighted by Gasteiger charge is -2.33. The normalized spacial score (nSPS) is 16.6. The van der Waals surface area contributed by atoms with Crippen molar-refractivity contribution in [1.29, 1.82) is 0 Å². The fourth-order valence-electron chi connectivity index (χ4n) is 2.35. The van der Waals surface area contributed by atoms with E-state index in [-0.39, 0.29) is 6.09 Å². The van der Waals surface area contributed by atoms with Gasteiger partial charge in [-0.3, -0.25) is 0 Å². The second-order valence-electron chi connectivity index (χ2n) is 6.68. The molecular formula is C17H24ClNO2S. The molecule has 0 bridgehead atoms. The van der Waals surface area contributed by atoms with Gasteiger partial charge in [-0.15, -0.1) is 11.8 Å². The smallest absolute Gasteiger partial charge is 0.410 e. The third-order valence-corrected chi connectivity index (χ3v) is 5.06. The number of amides is 1. The summed E-state index contributed by atoms with van der Waals surface area (Å²) in [6.45, 7) is 7.29. The summed E-state index contributed by atoms with van der Waals surface area (Å²) in [6.07, 6.45) is 1.90. The van der Waals surface area contributed by atoms with Crippen molar-refractivity contribution in [3.8, 4) is 0 Å². The van der Waals surface area contributed by atoms with Crippen LogP contribution < -0.4 is 0 Å². The molecule has 1 amide bonds. The van der Waals surface area contributed by atoms with Crippen molar-refractivity contribution >= 4 is 29.5 Å². The molecule has 5 heteroatoms. The maximum absolute atomic E-state index is 12.0. The average molecular weight is 342 g/mol. The molecule has 0 aliphatic carbocycles. The lowest BCUT2D eigenvalue weighted by molar-refractivity contribution is 0.0191. The van der Waals surface area contributed by atoms with Gasteiger partial charge in [-0.25, -0.2) is 4.79 Å². The van der Waals surface area contributed by atoms with Crippen molar-refractivity contribution in [3.63, 3.8) is 0 Å². The average Bonchev–Trinajstić information content (AvgIpc) is 2.45. The number of hydrogen-bond acceptors (Lipinski definition) is 3. The number of thioether (sulfide) groups is 1. The predicted molar refractivity (Wildman–Crippen MR) is 92.7 cm³/mol. The summed E-state index contributed by atoms with van der Waals surface area (Å²) >= 11 is 7.76. The molecule has 0 N–H and O–H groups in total.